The molecule has 0 radical (unpaired) electrons. The molecule has 0 fully saturated rings. The van der Waals surface area contributed by atoms with Crippen molar-refractivity contribution in [2.45, 2.75) is 11.3 Å². The zero-order chi connectivity index (χ0) is 13.8. The molecule has 1 rings (SSSR count). The molecule has 18 heavy (non-hydrogen) atoms. The van der Waals surface area contributed by atoms with Crippen LogP contribution < -0.4 is 0 Å². The van der Waals surface area contributed by atoms with Gasteiger partial charge in [-0.05, 0) is 29.7 Å². The normalized spacial score (nSPS) is 11.6. The molecule has 0 spiro atoms. The molecule has 1 aromatic rings. The van der Waals surface area contributed by atoms with E-state index < -0.39 is 16.1 Å². The lowest BCUT2D eigenvalue weighted by Crippen LogP contribution is -2.04. The van der Waals surface area contributed by atoms with Crippen LogP contribution in [0.4, 0.5) is 0 Å². The highest BCUT2D eigenvalue weighted by Gasteiger charge is 2.16. The van der Waals surface area contributed by atoms with Crippen molar-refractivity contribution in [3.63, 3.8) is 0 Å². The SMILES string of the molecule is C=CCc1c(/C=C/C(=O)O)cccc1S(=O)(=O)O. The van der Waals surface area contributed by atoms with E-state index in [1.54, 1.807) is 6.07 Å². The average Bonchev–Trinajstić information content (AvgIpc) is 2.26. The highest BCUT2D eigenvalue weighted by atomic mass is 32.2. The van der Waals surface area contributed by atoms with Crippen LogP contribution in [0.25, 0.3) is 6.08 Å². The molecule has 0 aliphatic rings. The summed E-state index contributed by atoms with van der Waals surface area (Å²) in [6.45, 7) is 3.50. The van der Waals surface area contributed by atoms with Crippen molar-refractivity contribution >= 4 is 22.2 Å². The number of hydrogen-bond acceptors (Lipinski definition) is 3. The maximum Gasteiger partial charge on any atom is 0.328 e. The number of aliphatic carboxylic acids is 1. The number of rotatable bonds is 5. The highest BCUT2D eigenvalue weighted by Crippen LogP contribution is 2.22. The lowest BCUT2D eigenvalue weighted by Gasteiger charge is -2.08. The van der Waals surface area contributed by atoms with E-state index in [1.165, 1.54) is 24.3 Å². The van der Waals surface area contributed by atoms with Gasteiger partial charge in [-0.3, -0.25) is 4.55 Å². The Morgan fingerprint density at radius 2 is 2.06 bits per heavy atom. The van der Waals surface area contributed by atoms with Crippen molar-refractivity contribution in [2.75, 3.05) is 0 Å². The first-order valence-electron chi connectivity index (χ1n) is 4.97. The van der Waals surface area contributed by atoms with Gasteiger partial charge in [-0.2, -0.15) is 8.42 Å². The maximum atomic E-state index is 11.2. The first-order valence-corrected chi connectivity index (χ1v) is 6.41. The van der Waals surface area contributed by atoms with Crippen molar-refractivity contribution in [1.29, 1.82) is 0 Å². The minimum Gasteiger partial charge on any atom is -0.478 e. The predicted molar refractivity (Wildman–Crippen MR) is 66.8 cm³/mol. The number of hydrogen-bond donors (Lipinski definition) is 2. The fourth-order valence-corrected chi connectivity index (χ4v) is 2.27. The average molecular weight is 268 g/mol. The summed E-state index contributed by atoms with van der Waals surface area (Å²) in [6, 6.07) is 4.25. The second kappa shape index (κ2) is 5.61. The fourth-order valence-electron chi connectivity index (χ4n) is 1.50. The van der Waals surface area contributed by atoms with Gasteiger partial charge in [0.2, 0.25) is 0 Å². The molecule has 0 heterocycles. The zero-order valence-electron chi connectivity index (χ0n) is 9.41. The van der Waals surface area contributed by atoms with Crippen LogP contribution in [-0.4, -0.2) is 24.0 Å². The van der Waals surface area contributed by atoms with Crippen molar-refractivity contribution in [2.24, 2.45) is 0 Å². The van der Waals surface area contributed by atoms with Gasteiger partial charge in [-0.25, -0.2) is 4.79 Å². The second-order valence-corrected chi connectivity index (χ2v) is 4.85. The van der Waals surface area contributed by atoms with Crippen LogP contribution >= 0.6 is 0 Å². The molecule has 5 nitrogen and oxygen atoms in total. The van der Waals surface area contributed by atoms with E-state index in [0.717, 1.165) is 6.08 Å². The van der Waals surface area contributed by atoms with Crippen LogP contribution in [0.1, 0.15) is 11.1 Å². The first-order chi connectivity index (χ1) is 8.36. The molecule has 0 unspecified atom stereocenters. The van der Waals surface area contributed by atoms with Gasteiger partial charge in [-0.1, -0.05) is 18.2 Å². The third-order valence-corrected chi connectivity index (χ3v) is 3.14. The Balaban J connectivity index is 3.44. The maximum absolute atomic E-state index is 11.2. The monoisotopic (exact) mass is 268 g/mol. The lowest BCUT2D eigenvalue weighted by molar-refractivity contribution is -0.131. The zero-order valence-corrected chi connectivity index (χ0v) is 10.2. The molecule has 0 aliphatic heterocycles. The summed E-state index contributed by atoms with van der Waals surface area (Å²) in [5.41, 5.74) is 0.722. The number of carboxylic acids is 1. The molecule has 6 heteroatoms. The van der Waals surface area contributed by atoms with E-state index in [9.17, 15) is 13.2 Å². The fraction of sp³-hybridized carbons (Fsp3) is 0.0833. The minimum atomic E-state index is -4.35. The van der Waals surface area contributed by atoms with Gasteiger partial charge in [0.05, 0.1) is 4.90 Å². The Hall–Kier alpha value is -1.92. The van der Waals surface area contributed by atoms with Crippen LogP contribution in [0.15, 0.2) is 41.8 Å². The van der Waals surface area contributed by atoms with Gasteiger partial charge >= 0.3 is 5.97 Å². The van der Waals surface area contributed by atoms with Crippen molar-refractivity contribution < 1.29 is 22.9 Å². The first kappa shape index (κ1) is 14.1. The summed E-state index contributed by atoms with van der Waals surface area (Å²) < 4.78 is 31.5. The summed E-state index contributed by atoms with van der Waals surface area (Å²) in [6.07, 6.45) is 3.85. The number of benzene rings is 1. The predicted octanol–water partition coefficient (Wildman–Crippen LogP) is 1.76. The molecule has 2 N–H and O–H groups in total. The molecule has 0 aromatic heterocycles. The third kappa shape index (κ3) is 3.54. The van der Waals surface area contributed by atoms with Crippen molar-refractivity contribution in [1.82, 2.24) is 0 Å². The van der Waals surface area contributed by atoms with E-state index in [-0.39, 0.29) is 11.3 Å². The van der Waals surface area contributed by atoms with Crippen LogP contribution in [0, 0.1) is 0 Å². The van der Waals surface area contributed by atoms with Gasteiger partial charge in [0.15, 0.2) is 0 Å². The Bertz CT molecular complexity index is 599. The van der Waals surface area contributed by atoms with Gasteiger partial charge in [-0.15, -0.1) is 6.58 Å². The molecule has 0 saturated carbocycles. The number of carbonyl (C=O) groups is 1. The van der Waals surface area contributed by atoms with E-state index in [0.29, 0.717) is 11.1 Å². The summed E-state index contributed by atoms with van der Waals surface area (Å²) in [7, 11) is -4.35. The van der Waals surface area contributed by atoms with Crippen LogP contribution in [-0.2, 0) is 21.3 Å². The molecule has 1 aromatic carbocycles. The second-order valence-electron chi connectivity index (χ2n) is 3.46. The standard InChI is InChI=1S/C12H12O5S/c1-2-4-10-9(7-8-12(13)14)5-3-6-11(10)18(15,16)17/h2-3,5-8H,1,4H2,(H,13,14)(H,15,16,17)/b8-7+. The largest absolute Gasteiger partial charge is 0.478 e. The van der Waals surface area contributed by atoms with Crippen LogP contribution in [0.2, 0.25) is 0 Å². The van der Waals surface area contributed by atoms with Gasteiger partial charge < -0.3 is 5.11 Å². The minimum absolute atomic E-state index is 0.204. The summed E-state index contributed by atoms with van der Waals surface area (Å²) in [4.78, 5) is 10.2. The smallest absolute Gasteiger partial charge is 0.328 e. The van der Waals surface area contributed by atoms with E-state index >= 15 is 0 Å². The Labute approximate surface area is 105 Å². The van der Waals surface area contributed by atoms with Crippen molar-refractivity contribution in [3.8, 4) is 0 Å². The van der Waals surface area contributed by atoms with E-state index in [2.05, 4.69) is 6.58 Å². The van der Waals surface area contributed by atoms with Crippen molar-refractivity contribution in [3.05, 3.63) is 48.1 Å². The third-order valence-electron chi connectivity index (χ3n) is 2.20. The lowest BCUT2D eigenvalue weighted by atomic mass is 10.0. The number of allylic oxidation sites excluding steroid dienone is 1. The molecule has 0 amide bonds. The summed E-state index contributed by atoms with van der Waals surface area (Å²) in [5, 5.41) is 8.55. The van der Waals surface area contributed by atoms with Gasteiger partial charge in [0.25, 0.3) is 10.1 Å². The quantitative estimate of drug-likeness (QED) is 0.482. The van der Waals surface area contributed by atoms with Crippen LogP contribution in [0.3, 0.4) is 0 Å². The Morgan fingerprint density at radius 3 is 2.56 bits per heavy atom. The Morgan fingerprint density at radius 1 is 1.39 bits per heavy atom. The summed E-state index contributed by atoms with van der Waals surface area (Å²) >= 11 is 0. The van der Waals surface area contributed by atoms with Gasteiger partial charge in [0.1, 0.15) is 0 Å². The van der Waals surface area contributed by atoms with Crippen LogP contribution in [0.5, 0.6) is 0 Å². The molecular weight excluding hydrogens is 256 g/mol. The van der Waals surface area contributed by atoms with E-state index in [4.69, 9.17) is 9.66 Å². The molecule has 96 valence electrons. The molecular formula is C12H12O5S. The van der Waals surface area contributed by atoms with Gasteiger partial charge in [0, 0.05) is 6.08 Å². The molecule has 0 bridgehead atoms. The Kier molecular flexibility index (Phi) is 4.41. The topological polar surface area (TPSA) is 91.7 Å². The molecule has 0 aliphatic carbocycles. The number of carboxylic acid groups (broad SMARTS) is 1. The molecule has 0 atom stereocenters. The highest BCUT2D eigenvalue weighted by molar-refractivity contribution is 7.85. The summed E-state index contributed by atoms with van der Waals surface area (Å²) in [5.74, 6) is -1.14. The molecule has 0 saturated heterocycles. The van der Waals surface area contributed by atoms with E-state index in [1.807, 2.05) is 0 Å².